The first-order valence-corrected chi connectivity index (χ1v) is 3.55. The molecule has 54 valence electrons. The molecule has 1 saturated heterocycles. The lowest BCUT2D eigenvalue weighted by molar-refractivity contribution is 0.0546. The van der Waals surface area contributed by atoms with Crippen LogP contribution >= 0.6 is 0 Å². The fourth-order valence-electron chi connectivity index (χ4n) is 0.998. The van der Waals surface area contributed by atoms with E-state index in [9.17, 15) is 0 Å². The fourth-order valence-corrected chi connectivity index (χ4v) is 0.998. The van der Waals surface area contributed by atoms with Gasteiger partial charge < -0.3 is 4.74 Å². The topological polar surface area (TPSA) is 12.5 Å². The lowest BCUT2D eigenvalue weighted by Gasteiger charge is -2.10. The number of nitrogens with zero attached hydrogens (tertiary/aromatic N) is 1. The predicted molar refractivity (Wildman–Crippen MR) is 37.2 cm³/mol. The molecule has 0 N–H and O–H groups in total. The molecule has 0 aromatic heterocycles. The zero-order valence-corrected chi connectivity index (χ0v) is 6.26. The van der Waals surface area contributed by atoms with Gasteiger partial charge in [0.2, 0.25) is 0 Å². The summed E-state index contributed by atoms with van der Waals surface area (Å²) in [5.41, 5.74) is 0. The Morgan fingerprint density at radius 2 is 2.33 bits per heavy atom. The van der Waals surface area contributed by atoms with Gasteiger partial charge in [-0.25, -0.2) is 0 Å². The van der Waals surface area contributed by atoms with E-state index in [4.69, 9.17) is 4.74 Å². The van der Waals surface area contributed by atoms with Crippen LogP contribution in [0.1, 0.15) is 13.3 Å². The summed E-state index contributed by atoms with van der Waals surface area (Å²) in [6.45, 7) is 5.16. The Morgan fingerprint density at radius 1 is 1.56 bits per heavy atom. The third-order valence-electron chi connectivity index (χ3n) is 1.72. The third kappa shape index (κ3) is 2.33. The highest BCUT2D eigenvalue weighted by atomic mass is 16.5. The average Bonchev–Trinajstić information content (AvgIpc) is 1.97. The van der Waals surface area contributed by atoms with Crippen LogP contribution in [0, 0.1) is 5.92 Å². The van der Waals surface area contributed by atoms with Crippen LogP contribution in [0.4, 0.5) is 0 Å². The Kier molecular flexibility index (Phi) is 2.49. The molecule has 0 aromatic carbocycles. The number of hydrogen-bond acceptors (Lipinski definition) is 2. The van der Waals surface area contributed by atoms with E-state index in [1.165, 1.54) is 13.0 Å². The van der Waals surface area contributed by atoms with Crippen molar-refractivity contribution in [3.05, 3.63) is 0 Å². The van der Waals surface area contributed by atoms with Gasteiger partial charge in [0.15, 0.2) is 0 Å². The Balaban J connectivity index is 2.25. The zero-order chi connectivity index (χ0) is 6.69. The van der Waals surface area contributed by atoms with Crippen molar-refractivity contribution >= 4 is 0 Å². The molecule has 0 bridgehead atoms. The fraction of sp³-hybridized carbons (Fsp3) is 1.00. The van der Waals surface area contributed by atoms with Crippen molar-refractivity contribution < 1.29 is 4.74 Å². The molecule has 1 fully saturated rings. The second-order valence-corrected chi connectivity index (χ2v) is 2.97. The van der Waals surface area contributed by atoms with Crippen LogP contribution in [0.25, 0.3) is 0 Å². The molecular weight excluding hydrogens is 114 g/mol. The number of hydrogen-bond donors (Lipinski definition) is 0. The van der Waals surface area contributed by atoms with E-state index in [1.807, 2.05) is 0 Å². The van der Waals surface area contributed by atoms with Gasteiger partial charge >= 0.3 is 0 Å². The summed E-state index contributed by atoms with van der Waals surface area (Å²) in [6, 6.07) is 0. The van der Waals surface area contributed by atoms with E-state index in [0.29, 0.717) is 0 Å². The van der Waals surface area contributed by atoms with Crippen LogP contribution in [-0.2, 0) is 4.74 Å². The summed E-state index contributed by atoms with van der Waals surface area (Å²) < 4.78 is 5.34. The summed E-state index contributed by atoms with van der Waals surface area (Å²) in [5.74, 6) is 0.745. The molecule has 9 heavy (non-hydrogen) atoms. The molecule has 1 unspecified atom stereocenters. The highest BCUT2D eigenvalue weighted by Gasteiger charge is 2.09. The quantitative estimate of drug-likeness (QED) is 0.482. The van der Waals surface area contributed by atoms with E-state index < -0.39 is 0 Å². The van der Waals surface area contributed by atoms with Gasteiger partial charge in [0.05, 0.1) is 13.3 Å². The number of rotatable bonds is 0. The minimum Gasteiger partial charge on any atom is -0.366 e. The normalized spacial score (nSPS) is 32.0. The molecule has 0 aliphatic carbocycles. The maximum absolute atomic E-state index is 5.34. The van der Waals surface area contributed by atoms with Crippen molar-refractivity contribution in [3.63, 3.8) is 0 Å². The molecular formula is C7H15NO. The van der Waals surface area contributed by atoms with Crippen molar-refractivity contribution in [2.75, 3.05) is 26.9 Å². The molecule has 0 amide bonds. The highest BCUT2D eigenvalue weighted by molar-refractivity contribution is 4.58. The first-order valence-electron chi connectivity index (χ1n) is 3.55. The molecule has 0 spiro atoms. The summed E-state index contributed by atoms with van der Waals surface area (Å²) in [7, 11) is 2.10. The molecule has 1 heterocycles. The molecule has 1 aliphatic heterocycles. The van der Waals surface area contributed by atoms with E-state index >= 15 is 0 Å². The van der Waals surface area contributed by atoms with Gasteiger partial charge in [0.25, 0.3) is 0 Å². The lowest BCUT2D eigenvalue weighted by atomic mass is 10.1. The average molecular weight is 129 g/mol. The first kappa shape index (κ1) is 7.03. The van der Waals surface area contributed by atoms with Crippen molar-refractivity contribution in [1.82, 2.24) is 4.90 Å². The molecule has 1 aliphatic rings. The van der Waals surface area contributed by atoms with Gasteiger partial charge in [0, 0.05) is 6.54 Å². The van der Waals surface area contributed by atoms with Crippen molar-refractivity contribution in [2.24, 2.45) is 5.92 Å². The zero-order valence-electron chi connectivity index (χ0n) is 6.26. The maximum Gasteiger partial charge on any atom is 0.0987 e. The Morgan fingerprint density at radius 3 is 3.11 bits per heavy atom. The first-order chi connectivity index (χ1) is 4.29. The van der Waals surface area contributed by atoms with Gasteiger partial charge in [-0.15, -0.1) is 0 Å². The van der Waals surface area contributed by atoms with Crippen LogP contribution in [0.2, 0.25) is 0 Å². The largest absolute Gasteiger partial charge is 0.366 e. The molecule has 0 radical (unpaired) electrons. The second kappa shape index (κ2) is 3.18. The SMILES string of the molecule is CC1CCN(C)COC1. The molecule has 1 rings (SSSR count). The van der Waals surface area contributed by atoms with Gasteiger partial charge in [-0.3, -0.25) is 4.90 Å². The summed E-state index contributed by atoms with van der Waals surface area (Å²) in [4.78, 5) is 2.21. The summed E-state index contributed by atoms with van der Waals surface area (Å²) in [5, 5.41) is 0. The molecule has 0 aromatic rings. The smallest absolute Gasteiger partial charge is 0.0987 e. The third-order valence-corrected chi connectivity index (χ3v) is 1.72. The van der Waals surface area contributed by atoms with Crippen LogP contribution in [-0.4, -0.2) is 31.8 Å². The Labute approximate surface area is 56.8 Å². The van der Waals surface area contributed by atoms with Crippen molar-refractivity contribution in [3.8, 4) is 0 Å². The summed E-state index contributed by atoms with van der Waals surface area (Å²) in [6.07, 6.45) is 1.27. The lowest BCUT2D eigenvalue weighted by Crippen LogP contribution is -2.19. The van der Waals surface area contributed by atoms with E-state index in [2.05, 4.69) is 18.9 Å². The standard InChI is InChI=1S/C7H15NO/c1-7-3-4-8(2)6-9-5-7/h7H,3-6H2,1-2H3. The molecule has 2 heteroatoms. The monoisotopic (exact) mass is 129 g/mol. The van der Waals surface area contributed by atoms with Gasteiger partial charge in [0.1, 0.15) is 0 Å². The molecule has 0 saturated carbocycles. The van der Waals surface area contributed by atoms with Crippen LogP contribution in [0.15, 0.2) is 0 Å². The van der Waals surface area contributed by atoms with Gasteiger partial charge in [-0.1, -0.05) is 6.92 Å². The van der Waals surface area contributed by atoms with Gasteiger partial charge in [-0.05, 0) is 19.4 Å². The Bertz CT molecular complexity index is 75.0. The molecule has 1 atom stereocenters. The summed E-state index contributed by atoms with van der Waals surface area (Å²) >= 11 is 0. The van der Waals surface area contributed by atoms with Crippen LogP contribution < -0.4 is 0 Å². The van der Waals surface area contributed by atoms with Crippen LogP contribution in [0.5, 0.6) is 0 Å². The second-order valence-electron chi connectivity index (χ2n) is 2.97. The Hall–Kier alpha value is -0.0800. The van der Waals surface area contributed by atoms with Crippen molar-refractivity contribution in [1.29, 1.82) is 0 Å². The molecule has 2 nitrogen and oxygen atoms in total. The van der Waals surface area contributed by atoms with E-state index in [1.54, 1.807) is 0 Å². The number of ether oxygens (including phenoxy) is 1. The highest BCUT2D eigenvalue weighted by Crippen LogP contribution is 2.07. The van der Waals surface area contributed by atoms with Gasteiger partial charge in [-0.2, -0.15) is 0 Å². The van der Waals surface area contributed by atoms with E-state index in [0.717, 1.165) is 19.3 Å². The van der Waals surface area contributed by atoms with Crippen molar-refractivity contribution in [2.45, 2.75) is 13.3 Å². The van der Waals surface area contributed by atoms with Crippen LogP contribution in [0.3, 0.4) is 0 Å². The maximum atomic E-state index is 5.34. The minimum absolute atomic E-state index is 0.745. The van der Waals surface area contributed by atoms with E-state index in [-0.39, 0.29) is 0 Å². The minimum atomic E-state index is 0.745. The predicted octanol–water partition coefficient (Wildman–Crippen LogP) is 0.932.